The molecule has 0 spiro atoms. The number of ether oxygens (including phenoxy) is 1. The van der Waals surface area contributed by atoms with Crippen molar-refractivity contribution in [2.24, 2.45) is 0 Å². The van der Waals surface area contributed by atoms with Gasteiger partial charge in [0.2, 0.25) is 0 Å². The molecule has 20 heavy (non-hydrogen) atoms. The molecule has 2 rings (SSSR count). The van der Waals surface area contributed by atoms with Gasteiger partial charge in [-0.25, -0.2) is 0 Å². The summed E-state index contributed by atoms with van der Waals surface area (Å²) < 4.78 is 5.33. The molecule has 0 saturated heterocycles. The van der Waals surface area contributed by atoms with E-state index in [1.807, 2.05) is 55.5 Å². The summed E-state index contributed by atoms with van der Waals surface area (Å²) in [6.45, 7) is 1.84. The molecule has 0 aliphatic carbocycles. The maximum Gasteiger partial charge on any atom is 0.122 e. The van der Waals surface area contributed by atoms with Crippen LogP contribution in [0.25, 0.3) is 0 Å². The fourth-order valence-corrected chi connectivity index (χ4v) is 2.49. The molecule has 2 aromatic rings. The van der Waals surface area contributed by atoms with Gasteiger partial charge < -0.3 is 9.84 Å². The van der Waals surface area contributed by atoms with E-state index in [2.05, 4.69) is 0 Å². The Hall–Kier alpha value is -1.51. The van der Waals surface area contributed by atoms with Gasteiger partial charge in [0.05, 0.1) is 12.7 Å². The zero-order chi connectivity index (χ0) is 14.6. The first-order valence-electron chi connectivity index (χ1n) is 6.59. The quantitative estimate of drug-likeness (QED) is 0.905. The van der Waals surface area contributed by atoms with Crippen LogP contribution < -0.4 is 4.74 Å². The number of halogens is 1. The fraction of sp³-hybridized carbons (Fsp3) is 0.294. The summed E-state index contributed by atoms with van der Waals surface area (Å²) in [7, 11) is 1.65. The molecule has 1 N–H and O–H groups in total. The molecule has 0 heterocycles. The van der Waals surface area contributed by atoms with Gasteiger partial charge in [0, 0.05) is 17.9 Å². The SMILES string of the molecule is COc1ccccc1CC(C)(O)Cc1ccc(Cl)cc1. The number of rotatable bonds is 5. The molecular weight excluding hydrogens is 272 g/mol. The zero-order valence-corrected chi connectivity index (χ0v) is 12.5. The van der Waals surface area contributed by atoms with E-state index in [0.717, 1.165) is 16.9 Å². The topological polar surface area (TPSA) is 29.5 Å². The van der Waals surface area contributed by atoms with E-state index in [1.54, 1.807) is 7.11 Å². The molecule has 0 aliphatic rings. The van der Waals surface area contributed by atoms with Crippen LogP contribution in [0.2, 0.25) is 5.02 Å². The molecule has 0 aliphatic heterocycles. The van der Waals surface area contributed by atoms with Crippen molar-refractivity contribution in [1.82, 2.24) is 0 Å². The highest BCUT2D eigenvalue weighted by atomic mass is 35.5. The van der Waals surface area contributed by atoms with Crippen LogP contribution in [0.5, 0.6) is 5.75 Å². The third kappa shape index (κ3) is 3.99. The maximum absolute atomic E-state index is 10.6. The molecule has 0 saturated carbocycles. The van der Waals surface area contributed by atoms with Crippen LogP contribution in [0, 0.1) is 0 Å². The van der Waals surface area contributed by atoms with Gasteiger partial charge in [0.25, 0.3) is 0 Å². The Bertz CT molecular complexity index is 561. The predicted octanol–water partition coefficient (Wildman–Crippen LogP) is 3.88. The maximum atomic E-state index is 10.6. The average molecular weight is 291 g/mol. The molecule has 1 unspecified atom stereocenters. The lowest BCUT2D eigenvalue weighted by atomic mass is 9.89. The van der Waals surface area contributed by atoms with Crippen LogP contribution >= 0.6 is 11.6 Å². The van der Waals surface area contributed by atoms with Crippen molar-refractivity contribution in [2.45, 2.75) is 25.4 Å². The third-order valence-electron chi connectivity index (χ3n) is 3.26. The van der Waals surface area contributed by atoms with Crippen molar-refractivity contribution in [3.05, 3.63) is 64.7 Å². The van der Waals surface area contributed by atoms with Gasteiger partial charge in [-0.15, -0.1) is 0 Å². The summed E-state index contributed by atoms with van der Waals surface area (Å²) in [5, 5.41) is 11.3. The Kier molecular flexibility index (Phi) is 4.69. The fourth-order valence-electron chi connectivity index (χ4n) is 2.36. The Balaban J connectivity index is 2.12. The summed E-state index contributed by atoms with van der Waals surface area (Å²) >= 11 is 5.87. The highest BCUT2D eigenvalue weighted by Crippen LogP contribution is 2.25. The Morgan fingerprint density at radius 1 is 1.05 bits per heavy atom. The van der Waals surface area contributed by atoms with E-state index in [-0.39, 0.29) is 0 Å². The lowest BCUT2D eigenvalue weighted by molar-refractivity contribution is 0.0602. The molecule has 2 nitrogen and oxygen atoms in total. The molecule has 0 radical (unpaired) electrons. The molecule has 0 bridgehead atoms. The number of para-hydroxylation sites is 1. The van der Waals surface area contributed by atoms with Crippen LogP contribution in [0.1, 0.15) is 18.1 Å². The number of hydrogen-bond acceptors (Lipinski definition) is 2. The predicted molar refractivity (Wildman–Crippen MR) is 82.5 cm³/mol. The summed E-state index contributed by atoms with van der Waals surface area (Å²) in [5.74, 6) is 0.809. The monoisotopic (exact) mass is 290 g/mol. The van der Waals surface area contributed by atoms with Gasteiger partial charge in [-0.2, -0.15) is 0 Å². The van der Waals surface area contributed by atoms with Crippen molar-refractivity contribution < 1.29 is 9.84 Å². The zero-order valence-electron chi connectivity index (χ0n) is 11.8. The van der Waals surface area contributed by atoms with E-state index in [9.17, 15) is 5.11 Å². The molecule has 2 aromatic carbocycles. The summed E-state index contributed by atoms with van der Waals surface area (Å²) in [4.78, 5) is 0. The second kappa shape index (κ2) is 6.29. The van der Waals surface area contributed by atoms with Gasteiger partial charge >= 0.3 is 0 Å². The highest BCUT2D eigenvalue weighted by Gasteiger charge is 2.23. The lowest BCUT2D eigenvalue weighted by Crippen LogP contribution is -2.30. The molecule has 1 atom stereocenters. The largest absolute Gasteiger partial charge is 0.496 e. The molecule has 3 heteroatoms. The first kappa shape index (κ1) is 14.9. The lowest BCUT2D eigenvalue weighted by Gasteiger charge is -2.24. The van der Waals surface area contributed by atoms with Crippen LogP contribution in [-0.2, 0) is 12.8 Å². The Morgan fingerprint density at radius 3 is 2.35 bits per heavy atom. The summed E-state index contributed by atoms with van der Waals surface area (Å²) in [5.41, 5.74) is 1.24. The van der Waals surface area contributed by atoms with E-state index in [0.29, 0.717) is 17.9 Å². The van der Waals surface area contributed by atoms with Crippen LogP contribution in [-0.4, -0.2) is 17.8 Å². The second-order valence-electron chi connectivity index (χ2n) is 5.29. The van der Waals surface area contributed by atoms with Gasteiger partial charge in [0.15, 0.2) is 0 Å². The smallest absolute Gasteiger partial charge is 0.122 e. The minimum Gasteiger partial charge on any atom is -0.496 e. The normalized spacial score (nSPS) is 13.8. The Morgan fingerprint density at radius 2 is 1.70 bits per heavy atom. The number of hydrogen-bond donors (Lipinski definition) is 1. The number of benzene rings is 2. The Labute approximate surface area is 125 Å². The number of aliphatic hydroxyl groups is 1. The van der Waals surface area contributed by atoms with Crippen LogP contribution in [0.15, 0.2) is 48.5 Å². The molecule has 106 valence electrons. The standard InChI is InChI=1S/C17H19ClO2/c1-17(19,11-13-7-9-15(18)10-8-13)12-14-5-3-4-6-16(14)20-2/h3-10,19H,11-12H2,1-2H3. The third-order valence-corrected chi connectivity index (χ3v) is 3.51. The molecule has 0 aromatic heterocycles. The van der Waals surface area contributed by atoms with Crippen molar-refractivity contribution in [1.29, 1.82) is 0 Å². The van der Waals surface area contributed by atoms with E-state index in [4.69, 9.17) is 16.3 Å². The molecule has 0 fully saturated rings. The molecule has 0 amide bonds. The molecular formula is C17H19ClO2. The minimum atomic E-state index is -0.831. The van der Waals surface area contributed by atoms with Crippen LogP contribution in [0.4, 0.5) is 0 Å². The van der Waals surface area contributed by atoms with E-state index >= 15 is 0 Å². The summed E-state index contributed by atoms with van der Waals surface area (Å²) in [6.07, 6.45) is 1.11. The van der Waals surface area contributed by atoms with Crippen molar-refractivity contribution in [3.63, 3.8) is 0 Å². The van der Waals surface area contributed by atoms with Crippen molar-refractivity contribution in [2.75, 3.05) is 7.11 Å². The number of methoxy groups -OCH3 is 1. The van der Waals surface area contributed by atoms with E-state index < -0.39 is 5.60 Å². The second-order valence-corrected chi connectivity index (χ2v) is 5.73. The highest BCUT2D eigenvalue weighted by molar-refractivity contribution is 6.30. The minimum absolute atomic E-state index is 0.541. The average Bonchev–Trinajstić information content (AvgIpc) is 2.41. The van der Waals surface area contributed by atoms with Crippen LogP contribution in [0.3, 0.4) is 0 Å². The summed E-state index contributed by atoms with van der Waals surface area (Å²) in [6, 6.07) is 15.3. The first-order chi connectivity index (χ1) is 9.50. The van der Waals surface area contributed by atoms with E-state index in [1.165, 1.54) is 0 Å². The van der Waals surface area contributed by atoms with Crippen molar-refractivity contribution >= 4 is 11.6 Å². The van der Waals surface area contributed by atoms with Crippen molar-refractivity contribution in [3.8, 4) is 5.75 Å². The first-order valence-corrected chi connectivity index (χ1v) is 6.97. The van der Waals surface area contributed by atoms with Gasteiger partial charge in [-0.3, -0.25) is 0 Å². The van der Waals surface area contributed by atoms with Gasteiger partial charge in [0.1, 0.15) is 5.75 Å². The van der Waals surface area contributed by atoms with Gasteiger partial charge in [-0.1, -0.05) is 41.9 Å². The van der Waals surface area contributed by atoms with Gasteiger partial charge in [-0.05, 0) is 36.2 Å².